The van der Waals surface area contributed by atoms with Crippen LogP contribution in [0.1, 0.15) is 24.1 Å². The van der Waals surface area contributed by atoms with Crippen molar-refractivity contribution in [2.45, 2.75) is 13.0 Å². The van der Waals surface area contributed by atoms with Crippen molar-refractivity contribution in [2.75, 3.05) is 25.7 Å². The Labute approximate surface area is 213 Å². The van der Waals surface area contributed by atoms with Gasteiger partial charge in [-0.15, -0.1) is 0 Å². The Hall–Kier alpha value is -4.72. The van der Waals surface area contributed by atoms with Gasteiger partial charge in [0, 0.05) is 33.9 Å². The number of nitrogens with one attached hydrogen (secondary N) is 1. The van der Waals surface area contributed by atoms with Crippen LogP contribution in [0.25, 0.3) is 16.7 Å². The van der Waals surface area contributed by atoms with Gasteiger partial charge in [0.25, 0.3) is 11.7 Å². The van der Waals surface area contributed by atoms with Crippen molar-refractivity contribution < 1.29 is 28.9 Å². The zero-order valence-corrected chi connectivity index (χ0v) is 20.6. The minimum Gasteiger partial charge on any atom is -0.507 e. The molecule has 0 radical (unpaired) electrons. The Morgan fingerprint density at radius 1 is 0.973 bits per heavy atom. The zero-order valence-electron chi connectivity index (χ0n) is 20.6. The molecule has 2 heterocycles. The second-order valence-electron chi connectivity index (χ2n) is 8.46. The first kappa shape index (κ1) is 24.0. The Morgan fingerprint density at radius 3 is 2.41 bits per heavy atom. The normalized spacial score (nSPS) is 16.8. The third kappa shape index (κ3) is 4.06. The van der Waals surface area contributed by atoms with Crippen LogP contribution in [0.15, 0.2) is 78.5 Å². The molecule has 4 aromatic rings. The summed E-state index contributed by atoms with van der Waals surface area (Å²) in [5.74, 6) is -0.309. The molecule has 0 spiro atoms. The molecular formula is C29H26N2O6. The molecule has 1 unspecified atom stereocenters. The van der Waals surface area contributed by atoms with Crippen molar-refractivity contribution in [2.24, 2.45) is 0 Å². The quantitative estimate of drug-likeness (QED) is 0.206. The van der Waals surface area contributed by atoms with E-state index in [0.29, 0.717) is 40.7 Å². The number of hydrogen-bond acceptors (Lipinski definition) is 6. The van der Waals surface area contributed by atoms with Crippen LogP contribution in [0.3, 0.4) is 0 Å². The third-order valence-corrected chi connectivity index (χ3v) is 6.44. The van der Waals surface area contributed by atoms with Gasteiger partial charge in [0.05, 0.1) is 32.4 Å². The molecule has 3 aromatic carbocycles. The van der Waals surface area contributed by atoms with Crippen LogP contribution in [0.4, 0.5) is 5.69 Å². The summed E-state index contributed by atoms with van der Waals surface area (Å²) >= 11 is 0. The summed E-state index contributed by atoms with van der Waals surface area (Å²) in [6.45, 7) is 2.39. The van der Waals surface area contributed by atoms with Gasteiger partial charge in [-0.05, 0) is 55.5 Å². The number of benzene rings is 3. The number of ether oxygens (including phenoxy) is 3. The fraction of sp³-hybridized carbons (Fsp3) is 0.172. The number of hydrogen-bond donors (Lipinski definition) is 2. The van der Waals surface area contributed by atoms with Crippen LogP contribution in [0.5, 0.6) is 17.2 Å². The average molecular weight is 499 g/mol. The summed E-state index contributed by atoms with van der Waals surface area (Å²) in [6.07, 6.45) is 1.77. The largest absolute Gasteiger partial charge is 0.507 e. The van der Waals surface area contributed by atoms with E-state index in [4.69, 9.17) is 14.2 Å². The fourth-order valence-electron chi connectivity index (χ4n) is 4.72. The lowest BCUT2D eigenvalue weighted by molar-refractivity contribution is -0.132. The molecular weight excluding hydrogens is 472 g/mol. The number of fused-ring (bicyclic) bond motifs is 1. The number of carbonyl (C=O) groups excluding carboxylic acids is 2. The highest BCUT2D eigenvalue weighted by atomic mass is 16.5. The summed E-state index contributed by atoms with van der Waals surface area (Å²) in [4.78, 5) is 31.6. The molecule has 1 aliphatic heterocycles. The van der Waals surface area contributed by atoms with Gasteiger partial charge in [-0.25, -0.2) is 0 Å². The van der Waals surface area contributed by atoms with E-state index in [1.165, 1.54) is 19.1 Å². The molecule has 1 atom stereocenters. The van der Waals surface area contributed by atoms with E-state index < -0.39 is 17.7 Å². The molecule has 1 amide bonds. The van der Waals surface area contributed by atoms with Gasteiger partial charge < -0.3 is 24.3 Å². The number of amides is 1. The molecule has 8 heteroatoms. The van der Waals surface area contributed by atoms with Crippen molar-refractivity contribution in [1.29, 1.82) is 0 Å². The number of ketones is 1. The number of aliphatic hydroxyl groups excluding tert-OH is 1. The number of para-hydroxylation sites is 1. The van der Waals surface area contributed by atoms with Gasteiger partial charge in [-0.2, -0.15) is 0 Å². The lowest BCUT2D eigenvalue weighted by Crippen LogP contribution is -2.29. The summed E-state index contributed by atoms with van der Waals surface area (Å²) in [5, 5.41) is 12.3. The van der Waals surface area contributed by atoms with Crippen LogP contribution < -0.4 is 19.1 Å². The van der Waals surface area contributed by atoms with Crippen molar-refractivity contribution in [1.82, 2.24) is 4.98 Å². The highest BCUT2D eigenvalue weighted by Crippen LogP contribution is 2.45. The number of carbonyl (C=O) groups is 2. The van der Waals surface area contributed by atoms with Crippen LogP contribution in [0.2, 0.25) is 0 Å². The Balaban J connectivity index is 1.72. The summed E-state index contributed by atoms with van der Waals surface area (Å²) in [5.41, 5.74) is 2.35. The number of rotatable bonds is 7. The minimum atomic E-state index is -0.873. The van der Waals surface area contributed by atoms with Gasteiger partial charge in [-0.1, -0.05) is 18.2 Å². The monoisotopic (exact) mass is 498 g/mol. The number of aromatic amines is 1. The number of anilines is 1. The molecule has 1 aliphatic rings. The van der Waals surface area contributed by atoms with E-state index in [0.717, 1.165) is 10.9 Å². The first-order chi connectivity index (χ1) is 18.0. The molecule has 0 aliphatic carbocycles. The van der Waals surface area contributed by atoms with Gasteiger partial charge in [0.1, 0.15) is 11.5 Å². The zero-order chi connectivity index (χ0) is 26.1. The second-order valence-corrected chi connectivity index (χ2v) is 8.46. The molecule has 1 saturated heterocycles. The van der Waals surface area contributed by atoms with Crippen LogP contribution in [-0.4, -0.2) is 42.6 Å². The van der Waals surface area contributed by atoms with Gasteiger partial charge in [0.15, 0.2) is 11.5 Å². The van der Waals surface area contributed by atoms with Crippen molar-refractivity contribution >= 4 is 34.0 Å². The maximum Gasteiger partial charge on any atom is 0.300 e. The molecule has 1 fully saturated rings. The predicted octanol–water partition coefficient (Wildman–Crippen LogP) is 5.21. The fourth-order valence-corrected chi connectivity index (χ4v) is 4.72. The standard InChI is InChI=1S/C29H26N2O6/c1-4-37-19-12-10-18(11-13-19)31-26(21-16-30-22-8-6-5-7-20(21)22)25(28(33)29(31)34)27(32)17-9-14-23(35-2)24(15-17)36-3/h5-16,26,30,32H,4H2,1-3H3/b27-25+. The van der Waals surface area contributed by atoms with E-state index in [9.17, 15) is 14.7 Å². The predicted molar refractivity (Wildman–Crippen MR) is 140 cm³/mol. The highest BCUT2D eigenvalue weighted by Gasteiger charge is 2.47. The van der Waals surface area contributed by atoms with Gasteiger partial charge >= 0.3 is 0 Å². The topological polar surface area (TPSA) is 101 Å². The molecule has 8 nitrogen and oxygen atoms in total. The number of methoxy groups -OCH3 is 2. The smallest absolute Gasteiger partial charge is 0.300 e. The lowest BCUT2D eigenvalue weighted by atomic mass is 9.94. The molecule has 2 N–H and O–H groups in total. The van der Waals surface area contributed by atoms with Crippen molar-refractivity contribution in [3.8, 4) is 17.2 Å². The number of aromatic nitrogens is 1. The number of H-pyrrole nitrogens is 1. The maximum atomic E-state index is 13.5. The van der Waals surface area contributed by atoms with E-state index >= 15 is 0 Å². The molecule has 0 saturated carbocycles. The summed E-state index contributed by atoms with van der Waals surface area (Å²) in [6, 6.07) is 18.5. The summed E-state index contributed by atoms with van der Waals surface area (Å²) in [7, 11) is 3.00. The second kappa shape index (κ2) is 9.73. The van der Waals surface area contributed by atoms with Crippen LogP contribution in [-0.2, 0) is 9.59 Å². The minimum absolute atomic E-state index is 0.0177. The molecule has 1 aromatic heterocycles. The lowest BCUT2D eigenvalue weighted by Gasteiger charge is -2.25. The Kier molecular flexibility index (Phi) is 6.31. The first-order valence-corrected chi connectivity index (χ1v) is 11.8. The average Bonchev–Trinajstić information content (AvgIpc) is 3.47. The molecule has 37 heavy (non-hydrogen) atoms. The first-order valence-electron chi connectivity index (χ1n) is 11.8. The van der Waals surface area contributed by atoms with Gasteiger partial charge in [0.2, 0.25) is 0 Å². The van der Waals surface area contributed by atoms with Gasteiger partial charge in [-0.3, -0.25) is 14.5 Å². The number of aliphatic hydroxyl groups is 1. The Morgan fingerprint density at radius 2 is 1.70 bits per heavy atom. The van der Waals surface area contributed by atoms with Crippen molar-refractivity contribution in [3.63, 3.8) is 0 Å². The molecule has 188 valence electrons. The van der Waals surface area contributed by atoms with Crippen LogP contribution >= 0.6 is 0 Å². The van der Waals surface area contributed by atoms with E-state index in [1.54, 1.807) is 48.7 Å². The Bertz CT molecular complexity index is 1520. The van der Waals surface area contributed by atoms with E-state index in [1.807, 2.05) is 31.2 Å². The summed E-state index contributed by atoms with van der Waals surface area (Å²) < 4.78 is 16.2. The highest BCUT2D eigenvalue weighted by molar-refractivity contribution is 6.51. The third-order valence-electron chi connectivity index (χ3n) is 6.44. The molecule has 0 bridgehead atoms. The maximum absolute atomic E-state index is 13.5. The van der Waals surface area contributed by atoms with Crippen molar-refractivity contribution in [3.05, 3.63) is 89.6 Å². The SMILES string of the molecule is CCOc1ccc(N2C(=O)C(=O)/C(=C(/O)c3ccc(OC)c(OC)c3)C2c2c[nH]c3ccccc23)cc1. The van der Waals surface area contributed by atoms with E-state index in [-0.39, 0.29) is 11.3 Å². The number of Topliss-reactive ketones (excluding diaryl/α,β-unsaturated/α-hetero) is 1. The molecule has 5 rings (SSSR count). The van der Waals surface area contributed by atoms with Crippen LogP contribution in [0, 0.1) is 0 Å². The number of nitrogens with zero attached hydrogens (tertiary/aromatic N) is 1. The van der Waals surface area contributed by atoms with E-state index in [2.05, 4.69) is 4.98 Å².